The molecule has 15 heavy (non-hydrogen) atoms. The van der Waals surface area contributed by atoms with E-state index in [2.05, 4.69) is 0 Å². The van der Waals surface area contributed by atoms with Gasteiger partial charge in [-0.25, -0.2) is 0 Å². The zero-order chi connectivity index (χ0) is 11.7. The second kappa shape index (κ2) is 8.45. The first-order chi connectivity index (χ1) is 7.06. The van der Waals surface area contributed by atoms with E-state index in [0.29, 0.717) is 25.4 Å². The van der Waals surface area contributed by atoms with Gasteiger partial charge in [-0.05, 0) is 12.3 Å². The molecular formula is C12H22O3. The minimum absolute atomic E-state index is 0.165. The SMILES string of the molecule is CCCCC(=O)CCC(=O)OCC(C)C. The predicted octanol–water partition coefficient (Wildman–Crippen LogP) is 2.73. The quantitative estimate of drug-likeness (QED) is 0.583. The summed E-state index contributed by atoms with van der Waals surface area (Å²) in [6.07, 6.45) is 3.09. The Labute approximate surface area is 92.2 Å². The molecule has 0 atom stereocenters. The van der Waals surface area contributed by atoms with Gasteiger partial charge >= 0.3 is 5.97 Å². The van der Waals surface area contributed by atoms with Crippen LogP contribution in [0.4, 0.5) is 0 Å². The van der Waals surface area contributed by atoms with Crippen LogP contribution in [0.5, 0.6) is 0 Å². The summed E-state index contributed by atoms with van der Waals surface area (Å²) in [6.45, 7) is 6.46. The molecule has 3 nitrogen and oxygen atoms in total. The van der Waals surface area contributed by atoms with E-state index in [1.165, 1.54) is 0 Å². The molecule has 88 valence electrons. The number of ketones is 1. The van der Waals surface area contributed by atoms with Gasteiger partial charge in [-0.15, -0.1) is 0 Å². The smallest absolute Gasteiger partial charge is 0.306 e. The molecule has 0 amide bonds. The van der Waals surface area contributed by atoms with Gasteiger partial charge in [0, 0.05) is 12.8 Å². The Morgan fingerprint density at radius 3 is 2.33 bits per heavy atom. The minimum Gasteiger partial charge on any atom is -0.465 e. The number of esters is 1. The van der Waals surface area contributed by atoms with Crippen molar-refractivity contribution in [3.05, 3.63) is 0 Å². The third-order valence-corrected chi connectivity index (χ3v) is 1.99. The van der Waals surface area contributed by atoms with Crippen molar-refractivity contribution in [3.63, 3.8) is 0 Å². The van der Waals surface area contributed by atoms with E-state index < -0.39 is 0 Å². The van der Waals surface area contributed by atoms with Gasteiger partial charge in [0.05, 0.1) is 13.0 Å². The van der Waals surface area contributed by atoms with E-state index >= 15 is 0 Å². The van der Waals surface area contributed by atoms with Crippen molar-refractivity contribution >= 4 is 11.8 Å². The summed E-state index contributed by atoms with van der Waals surface area (Å²) in [4.78, 5) is 22.4. The molecule has 0 heterocycles. The predicted molar refractivity (Wildman–Crippen MR) is 59.6 cm³/mol. The van der Waals surface area contributed by atoms with Gasteiger partial charge in [-0.1, -0.05) is 27.2 Å². The highest BCUT2D eigenvalue weighted by molar-refractivity contribution is 5.82. The first-order valence-electron chi connectivity index (χ1n) is 5.73. The highest BCUT2D eigenvalue weighted by atomic mass is 16.5. The summed E-state index contributed by atoms with van der Waals surface area (Å²) in [5.74, 6) is 0.261. The normalized spacial score (nSPS) is 10.4. The molecule has 0 spiro atoms. The number of carbonyl (C=O) groups excluding carboxylic acids is 2. The molecule has 0 saturated heterocycles. The number of rotatable bonds is 8. The first kappa shape index (κ1) is 14.1. The van der Waals surface area contributed by atoms with Crippen molar-refractivity contribution in [2.75, 3.05) is 6.61 Å². The zero-order valence-corrected chi connectivity index (χ0v) is 10.0. The molecule has 0 bridgehead atoms. The maximum absolute atomic E-state index is 11.2. The Balaban J connectivity index is 3.49. The molecule has 0 aromatic carbocycles. The van der Waals surface area contributed by atoms with E-state index in [1.807, 2.05) is 20.8 Å². The monoisotopic (exact) mass is 214 g/mol. The summed E-state index contributed by atoms with van der Waals surface area (Å²) < 4.78 is 4.97. The minimum atomic E-state index is -0.256. The van der Waals surface area contributed by atoms with Crippen LogP contribution >= 0.6 is 0 Å². The molecule has 0 saturated carbocycles. The number of hydrogen-bond acceptors (Lipinski definition) is 3. The van der Waals surface area contributed by atoms with Gasteiger partial charge in [-0.2, -0.15) is 0 Å². The highest BCUT2D eigenvalue weighted by Crippen LogP contribution is 2.03. The van der Waals surface area contributed by atoms with Crippen molar-refractivity contribution in [2.24, 2.45) is 5.92 Å². The lowest BCUT2D eigenvalue weighted by Crippen LogP contribution is -2.11. The third-order valence-electron chi connectivity index (χ3n) is 1.99. The number of carbonyl (C=O) groups is 2. The van der Waals surface area contributed by atoms with E-state index in [9.17, 15) is 9.59 Å². The maximum Gasteiger partial charge on any atom is 0.306 e. The largest absolute Gasteiger partial charge is 0.465 e. The van der Waals surface area contributed by atoms with Crippen LogP contribution < -0.4 is 0 Å². The summed E-state index contributed by atoms with van der Waals surface area (Å²) in [5.41, 5.74) is 0. The molecule has 0 aliphatic heterocycles. The summed E-state index contributed by atoms with van der Waals surface area (Å²) in [6, 6.07) is 0. The van der Waals surface area contributed by atoms with Gasteiger partial charge < -0.3 is 4.74 Å². The topological polar surface area (TPSA) is 43.4 Å². The Morgan fingerprint density at radius 1 is 1.13 bits per heavy atom. The number of unbranched alkanes of at least 4 members (excludes halogenated alkanes) is 1. The van der Waals surface area contributed by atoms with Crippen LogP contribution in [0, 0.1) is 5.92 Å². The third kappa shape index (κ3) is 9.44. The van der Waals surface area contributed by atoms with Crippen LogP contribution in [0.2, 0.25) is 0 Å². The van der Waals surface area contributed by atoms with Gasteiger partial charge in [-0.3, -0.25) is 9.59 Å². The molecule has 0 aliphatic rings. The standard InChI is InChI=1S/C12H22O3/c1-4-5-6-11(13)7-8-12(14)15-9-10(2)3/h10H,4-9H2,1-3H3. The van der Waals surface area contributed by atoms with Gasteiger partial charge in [0.25, 0.3) is 0 Å². The average Bonchev–Trinajstić information content (AvgIpc) is 2.20. The van der Waals surface area contributed by atoms with Crippen LogP contribution in [0.15, 0.2) is 0 Å². The molecule has 0 aliphatic carbocycles. The van der Waals surface area contributed by atoms with Crippen molar-refractivity contribution in [2.45, 2.75) is 52.9 Å². The van der Waals surface area contributed by atoms with Crippen LogP contribution in [0.3, 0.4) is 0 Å². The second-order valence-corrected chi connectivity index (χ2v) is 4.22. The van der Waals surface area contributed by atoms with Crippen LogP contribution in [-0.4, -0.2) is 18.4 Å². The fraction of sp³-hybridized carbons (Fsp3) is 0.833. The molecule has 0 aromatic rings. The molecule has 0 aromatic heterocycles. The average molecular weight is 214 g/mol. The van der Waals surface area contributed by atoms with Crippen LogP contribution in [0.25, 0.3) is 0 Å². The summed E-state index contributed by atoms with van der Waals surface area (Å²) >= 11 is 0. The Bertz CT molecular complexity index is 197. The molecule has 3 heteroatoms. The van der Waals surface area contributed by atoms with Crippen LogP contribution in [-0.2, 0) is 14.3 Å². The van der Waals surface area contributed by atoms with E-state index in [1.54, 1.807) is 0 Å². The molecule has 0 radical (unpaired) electrons. The number of hydrogen-bond donors (Lipinski definition) is 0. The molecular weight excluding hydrogens is 192 g/mol. The zero-order valence-electron chi connectivity index (χ0n) is 10.0. The van der Waals surface area contributed by atoms with E-state index in [0.717, 1.165) is 12.8 Å². The molecule has 0 rings (SSSR count). The Morgan fingerprint density at radius 2 is 1.80 bits per heavy atom. The van der Waals surface area contributed by atoms with E-state index in [-0.39, 0.29) is 18.2 Å². The first-order valence-corrected chi connectivity index (χ1v) is 5.73. The fourth-order valence-electron chi connectivity index (χ4n) is 1.07. The lowest BCUT2D eigenvalue weighted by Gasteiger charge is -2.06. The van der Waals surface area contributed by atoms with Crippen molar-refractivity contribution < 1.29 is 14.3 Å². The van der Waals surface area contributed by atoms with Gasteiger partial charge in [0.2, 0.25) is 0 Å². The van der Waals surface area contributed by atoms with E-state index in [4.69, 9.17) is 4.74 Å². The maximum atomic E-state index is 11.2. The van der Waals surface area contributed by atoms with Gasteiger partial charge in [0.15, 0.2) is 0 Å². The van der Waals surface area contributed by atoms with Crippen LogP contribution in [0.1, 0.15) is 52.9 Å². The Hall–Kier alpha value is -0.860. The second-order valence-electron chi connectivity index (χ2n) is 4.22. The molecule has 0 fully saturated rings. The summed E-state index contributed by atoms with van der Waals surface area (Å²) in [7, 11) is 0. The number of Topliss-reactive ketones (excluding diaryl/α,β-unsaturated/α-hetero) is 1. The van der Waals surface area contributed by atoms with Gasteiger partial charge in [0.1, 0.15) is 5.78 Å². The van der Waals surface area contributed by atoms with Crippen molar-refractivity contribution in [3.8, 4) is 0 Å². The molecule has 0 unspecified atom stereocenters. The fourth-order valence-corrected chi connectivity index (χ4v) is 1.07. The lowest BCUT2D eigenvalue weighted by atomic mass is 10.1. The highest BCUT2D eigenvalue weighted by Gasteiger charge is 2.08. The lowest BCUT2D eigenvalue weighted by molar-refractivity contribution is -0.145. The molecule has 0 N–H and O–H groups in total. The van der Waals surface area contributed by atoms with Crippen molar-refractivity contribution in [1.29, 1.82) is 0 Å². The number of ether oxygens (including phenoxy) is 1. The Kier molecular flexibility index (Phi) is 7.96. The van der Waals surface area contributed by atoms with Crippen molar-refractivity contribution in [1.82, 2.24) is 0 Å². The summed E-state index contributed by atoms with van der Waals surface area (Å²) in [5, 5.41) is 0.